The molecule has 0 saturated heterocycles. The Hall–Kier alpha value is -1.86. The van der Waals surface area contributed by atoms with Crippen LogP contribution in [0.15, 0.2) is 41.4 Å². The molecule has 6 nitrogen and oxygen atoms in total. The van der Waals surface area contributed by atoms with Gasteiger partial charge in [-0.25, -0.2) is 13.2 Å². The Bertz CT molecular complexity index is 710. The van der Waals surface area contributed by atoms with Crippen LogP contribution in [0.25, 0.3) is 0 Å². The van der Waals surface area contributed by atoms with Gasteiger partial charge in [-0.1, -0.05) is 30.3 Å². The summed E-state index contributed by atoms with van der Waals surface area (Å²) in [5, 5.41) is 12.3. The fraction of sp³-hybridized carbons (Fsp3) is 0.0909. The Kier molecular flexibility index (Phi) is 3.59. The Labute approximate surface area is 113 Å². The number of carboxylic acid groups (broad SMARTS) is 1. The van der Waals surface area contributed by atoms with Crippen molar-refractivity contribution in [2.75, 3.05) is 0 Å². The number of carbonyl (C=O) groups is 1. The van der Waals surface area contributed by atoms with Gasteiger partial charge in [-0.2, -0.15) is 5.10 Å². The molecular weight excluding hydrogens is 292 g/mol. The first kappa shape index (κ1) is 13.6. The van der Waals surface area contributed by atoms with Crippen molar-refractivity contribution in [2.24, 2.45) is 0 Å². The third-order valence-corrected chi connectivity index (χ3v) is 3.58. The van der Waals surface area contributed by atoms with E-state index in [9.17, 15) is 13.2 Å². The number of aromatic nitrogens is 2. The predicted octanol–water partition coefficient (Wildman–Crippen LogP) is 1.56. The van der Waals surface area contributed by atoms with E-state index in [0.29, 0.717) is 0 Å². The van der Waals surface area contributed by atoms with Gasteiger partial charge in [-0.15, -0.1) is 0 Å². The summed E-state index contributed by atoms with van der Waals surface area (Å²) in [6.07, 6.45) is 0. The largest absolute Gasteiger partial charge is 0.477 e. The van der Waals surface area contributed by atoms with Crippen LogP contribution in [0.4, 0.5) is 0 Å². The summed E-state index contributed by atoms with van der Waals surface area (Å²) < 4.78 is 23.4. The van der Waals surface area contributed by atoms with Crippen LogP contribution < -0.4 is 0 Å². The van der Waals surface area contributed by atoms with Gasteiger partial charge in [-0.3, -0.25) is 4.68 Å². The van der Waals surface area contributed by atoms with Crippen molar-refractivity contribution in [3.05, 3.63) is 47.7 Å². The van der Waals surface area contributed by atoms with Crippen LogP contribution in [0.2, 0.25) is 0 Å². The molecule has 0 aliphatic heterocycles. The van der Waals surface area contributed by atoms with Crippen molar-refractivity contribution in [1.29, 1.82) is 0 Å². The highest BCUT2D eigenvalue weighted by atomic mass is 35.7. The van der Waals surface area contributed by atoms with Crippen LogP contribution in [0, 0.1) is 0 Å². The first-order valence-electron chi connectivity index (χ1n) is 5.17. The predicted molar refractivity (Wildman–Crippen MR) is 67.8 cm³/mol. The molecule has 0 fully saturated rings. The Morgan fingerprint density at radius 1 is 1.32 bits per heavy atom. The molecule has 1 N–H and O–H groups in total. The molecule has 0 bridgehead atoms. The van der Waals surface area contributed by atoms with Crippen molar-refractivity contribution < 1.29 is 18.3 Å². The molecule has 0 saturated carbocycles. The first-order valence-corrected chi connectivity index (χ1v) is 7.48. The number of rotatable bonds is 4. The molecule has 0 spiro atoms. The smallest absolute Gasteiger partial charge is 0.354 e. The number of aromatic carboxylic acids is 1. The summed E-state index contributed by atoms with van der Waals surface area (Å²) in [6, 6.07) is 9.90. The van der Waals surface area contributed by atoms with Gasteiger partial charge < -0.3 is 5.11 Å². The van der Waals surface area contributed by atoms with E-state index < -0.39 is 20.0 Å². The number of hydrogen-bond donors (Lipinski definition) is 1. The molecule has 19 heavy (non-hydrogen) atoms. The second-order valence-corrected chi connectivity index (χ2v) is 6.27. The van der Waals surface area contributed by atoms with E-state index in [1.165, 1.54) is 0 Å². The van der Waals surface area contributed by atoms with Crippen LogP contribution in [0.1, 0.15) is 16.1 Å². The fourth-order valence-corrected chi connectivity index (χ4v) is 2.24. The molecule has 1 aromatic heterocycles. The van der Waals surface area contributed by atoms with E-state index in [0.717, 1.165) is 16.3 Å². The quantitative estimate of drug-likeness (QED) is 0.865. The van der Waals surface area contributed by atoms with E-state index in [1.807, 2.05) is 6.07 Å². The lowest BCUT2D eigenvalue weighted by atomic mass is 10.2. The normalized spacial score (nSPS) is 11.4. The van der Waals surface area contributed by atoms with E-state index in [-0.39, 0.29) is 12.2 Å². The second kappa shape index (κ2) is 5.02. The summed E-state index contributed by atoms with van der Waals surface area (Å²) in [7, 11) is 1.10. The average molecular weight is 301 g/mol. The first-order chi connectivity index (χ1) is 8.88. The minimum atomic E-state index is -4.05. The zero-order valence-electron chi connectivity index (χ0n) is 9.52. The third kappa shape index (κ3) is 3.12. The van der Waals surface area contributed by atoms with E-state index in [1.54, 1.807) is 24.3 Å². The lowest BCUT2D eigenvalue weighted by molar-refractivity contribution is 0.0684. The topological polar surface area (TPSA) is 89.3 Å². The summed E-state index contributed by atoms with van der Waals surface area (Å²) in [5.74, 6) is -1.27. The molecule has 100 valence electrons. The number of carboxylic acids is 1. The maximum absolute atomic E-state index is 11.2. The molecule has 1 aromatic carbocycles. The van der Waals surface area contributed by atoms with Crippen LogP contribution in [-0.4, -0.2) is 29.3 Å². The molecule has 1 heterocycles. The van der Waals surface area contributed by atoms with Gasteiger partial charge in [-0.05, 0) is 5.56 Å². The highest BCUT2D eigenvalue weighted by Crippen LogP contribution is 2.16. The molecule has 0 amide bonds. The Balaban J connectivity index is 2.45. The molecule has 8 heteroatoms. The van der Waals surface area contributed by atoms with Gasteiger partial charge in [0.25, 0.3) is 9.05 Å². The van der Waals surface area contributed by atoms with Gasteiger partial charge in [0.1, 0.15) is 5.69 Å². The lowest BCUT2D eigenvalue weighted by Gasteiger charge is -2.03. The zero-order chi connectivity index (χ0) is 14.0. The van der Waals surface area contributed by atoms with Crippen molar-refractivity contribution in [3.63, 3.8) is 0 Å². The summed E-state index contributed by atoms with van der Waals surface area (Å²) >= 11 is 0. The number of hydrogen-bond acceptors (Lipinski definition) is 4. The standard InChI is InChI=1S/C11H9ClN2O4S/c12-19(17,18)10-6-9(11(15)16)14(13-10)7-8-4-2-1-3-5-8/h1-6H,7H2,(H,15,16). The van der Waals surface area contributed by atoms with Crippen LogP contribution >= 0.6 is 10.7 Å². The minimum absolute atomic E-state index is 0.148. The SMILES string of the molecule is O=C(O)c1cc(S(=O)(=O)Cl)nn1Cc1ccccc1. The molecule has 0 aliphatic rings. The monoisotopic (exact) mass is 300 g/mol. The van der Waals surface area contributed by atoms with Gasteiger partial charge in [0.05, 0.1) is 6.54 Å². The van der Waals surface area contributed by atoms with Crippen LogP contribution in [0.3, 0.4) is 0 Å². The van der Waals surface area contributed by atoms with E-state index in [4.69, 9.17) is 15.8 Å². The van der Waals surface area contributed by atoms with Gasteiger partial charge in [0.2, 0.25) is 0 Å². The maximum atomic E-state index is 11.2. The van der Waals surface area contributed by atoms with Crippen LogP contribution in [0.5, 0.6) is 0 Å². The molecule has 0 unspecified atom stereocenters. The lowest BCUT2D eigenvalue weighted by Crippen LogP contribution is -2.10. The second-order valence-electron chi connectivity index (χ2n) is 3.75. The fourth-order valence-electron chi connectivity index (χ4n) is 1.56. The van der Waals surface area contributed by atoms with Crippen molar-refractivity contribution in [1.82, 2.24) is 9.78 Å². The molecular formula is C11H9ClN2O4S. The average Bonchev–Trinajstić information content (AvgIpc) is 2.74. The summed E-state index contributed by atoms with van der Waals surface area (Å²) in [4.78, 5) is 11.1. The molecule has 0 aliphatic carbocycles. The highest BCUT2D eigenvalue weighted by Gasteiger charge is 2.21. The Morgan fingerprint density at radius 3 is 2.47 bits per heavy atom. The van der Waals surface area contributed by atoms with Gasteiger partial charge in [0, 0.05) is 16.7 Å². The van der Waals surface area contributed by atoms with Crippen molar-refractivity contribution >= 4 is 25.7 Å². The summed E-state index contributed by atoms with van der Waals surface area (Å²) in [5.41, 5.74) is 0.565. The van der Waals surface area contributed by atoms with Crippen molar-refractivity contribution in [2.45, 2.75) is 11.6 Å². The third-order valence-electron chi connectivity index (χ3n) is 2.40. The van der Waals surface area contributed by atoms with Crippen LogP contribution in [-0.2, 0) is 15.6 Å². The zero-order valence-corrected chi connectivity index (χ0v) is 11.1. The molecule has 2 rings (SSSR count). The molecule has 0 atom stereocenters. The molecule has 2 aromatic rings. The minimum Gasteiger partial charge on any atom is -0.477 e. The maximum Gasteiger partial charge on any atom is 0.354 e. The van der Waals surface area contributed by atoms with E-state index >= 15 is 0 Å². The summed E-state index contributed by atoms with van der Waals surface area (Å²) in [6.45, 7) is 0.148. The van der Waals surface area contributed by atoms with Gasteiger partial charge in [0.15, 0.2) is 5.03 Å². The van der Waals surface area contributed by atoms with Crippen molar-refractivity contribution in [3.8, 4) is 0 Å². The number of nitrogens with zero attached hydrogens (tertiary/aromatic N) is 2. The van der Waals surface area contributed by atoms with E-state index in [2.05, 4.69) is 5.10 Å². The highest BCUT2D eigenvalue weighted by molar-refractivity contribution is 8.13. The number of benzene rings is 1. The molecule has 0 radical (unpaired) electrons. The van der Waals surface area contributed by atoms with Gasteiger partial charge >= 0.3 is 5.97 Å². The Morgan fingerprint density at radius 2 is 1.95 bits per heavy atom. The number of halogens is 1.